The van der Waals surface area contributed by atoms with Crippen LogP contribution in [0.15, 0.2) is 36.4 Å². The molecule has 2 aromatic rings. The molecule has 0 unspecified atom stereocenters. The van der Waals surface area contributed by atoms with Gasteiger partial charge in [-0.1, -0.05) is 86.3 Å². The molecule has 23 heavy (non-hydrogen) atoms. The predicted molar refractivity (Wildman–Crippen MR) is 95.2 cm³/mol. The topological polar surface area (TPSA) is 46.1 Å². The minimum absolute atomic E-state index is 0. The van der Waals surface area contributed by atoms with E-state index < -0.39 is 0 Å². The first-order chi connectivity index (χ1) is 10.2. The summed E-state index contributed by atoms with van der Waals surface area (Å²) >= 11 is 0. The number of benzene rings is 2. The SMILES string of the molecule is Cc1ccc(C(C)C)c([O-])c1.Cc1ccc(C(C)C)c([O-])c1.[Ca+2]. The molecule has 0 heterocycles. The van der Waals surface area contributed by atoms with E-state index in [-0.39, 0.29) is 49.2 Å². The van der Waals surface area contributed by atoms with Crippen LogP contribution in [0.2, 0.25) is 0 Å². The van der Waals surface area contributed by atoms with Crippen LogP contribution in [0.3, 0.4) is 0 Å². The van der Waals surface area contributed by atoms with Crippen molar-refractivity contribution in [1.29, 1.82) is 0 Å². The van der Waals surface area contributed by atoms with Gasteiger partial charge in [0.15, 0.2) is 0 Å². The first kappa shape index (κ1) is 22.3. The zero-order chi connectivity index (χ0) is 16.9. The molecule has 0 amide bonds. The molecule has 0 fully saturated rings. The minimum Gasteiger partial charge on any atom is -0.872 e. The molecule has 0 bridgehead atoms. The summed E-state index contributed by atoms with van der Waals surface area (Å²) in [4.78, 5) is 0. The maximum absolute atomic E-state index is 11.3. The molecule has 0 radical (unpaired) electrons. The van der Waals surface area contributed by atoms with Gasteiger partial charge in [-0.2, -0.15) is 0 Å². The van der Waals surface area contributed by atoms with Crippen molar-refractivity contribution < 1.29 is 10.2 Å². The van der Waals surface area contributed by atoms with Crippen molar-refractivity contribution in [2.24, 2.45) is 0 Å². The van der Waals surface area contributed by atoms with Crippen molar-refractivity contribution in [3.63, 3.8) is 0 Å². The summed E-state index contributed by atoms with van der Waals surface area (Å²) in [6.45, 7) is 12.0. The second-order valence-electron chi connectivity index (χ2n) is 6.39. The zero-order valence-corrected chi connectivity index (χ0v) is 17.4. The summed E-state index contributed by atoms with van der Waals surface area (Å²) in [6.07, 6.45) is 0. The quantitative estimate of drug-likeness (QED) is 0.777. The second kappa shape index (κ2) is 10.2. The van der Waals surface area contributed by atoms with Crippen molar-refractivity contribution >= 4 is 37.7 Å². The first-order valence-electron chi connectivity index (χ1n) is 7.77. The van der Waals surface area contributed by atoms with E-state index in [9.17, 15) is 10.2 Å². The Hall–Kier alpha value is -0.700. The molecule has 0 aliphatic carbocycles. The van der Waals surface area contributed by atoms with Crippen LogP contribution in [0.4, 0.5) is 0 Å². The van der Waals surface area contributed by atoms with E-state index in [0.29, 0.717) is 11.8 Å². The Labute approximate surface area is 170 Å². The third-order valence-electron chi connectivity index (χ3n) is 3.58. The molecule has 0 aliphatic rings. The first-order valence-corrected chi connectivity index (χ1v) is 7.77. The molecule has 0 aromatic heterocycles. The molecule has 0 spiro atoms. The van der Waals surface area contributed by atoms with Crippen molar-refractivity contribution in [3.05, 3.63) is 58.7 Å². The van der Waals surface area contributed by atoms with E-state index in [1.54, 1.807) is 12.1 Å². The molecule has 0 saturated heterocycles. The van der Waals surface area contributed by atoms with Gasteiger partial charge >= 0.3 is 37.7 Å². The van der Waals surface area contributed by atoms with Crippen LogP contribution < -0.4 is 10.2 Å². The van der Waals surface area contributed by atoms with Crippen LogP contribution in [-0.4, -0.2) is 37.7 Å². The van der Waals surface area contributed by atoms with Gasteiger partial charge in [0, 0.05) is 0 Å². The van der Waals surface area contributed by atoms with Gasteiger partial charge in [-0.15, -0.1) is 11.5 Å². The van der Waals surface area contributed by atoms with E-state index in [2.05, 4.69) is 0 Å². The third kappa shape index (κ3) is 7.15. The molecule has 2 rings (SSSR count). The van der Waals surface area contributed by atoms with Crippen LogP contribution in [-0.2, 0) is 0 Å². The third-order valence-corrected chi connectivity index (χ3v) is 3.58. The van der Waals surface area contributed by atoms with Crippen molar-refractivity contribution in [3.8, 4) is 11.5 Å². The van der Waals surface area contributed by atoms with Crippen LogP contribution in [0.5, 0.6) is 11.5 Å². The maximum Gasteiger partial charge on any atom is 2.00 e. The number of rotatable bonds is 2. The van der Waals surface area contributed by atoms with Crippen molar-refractivity contribution in [1.82, 2.24) is 0 Å². The van der Waals surface area contributed by atoms with Gasteiger partial charge in [-0.05, 0) is 25.7 Å². The zero-order valence-electron chi connectivity index (χ0n) is 15.1. The van der Waals surface area contributed by atoms with E-state index >= 15 is 0 Å². The summed E-state index contributed by atoms with van der Waals surface area (Å²) in [7, 11) is 0. The molecule has 0 N–H and O–H groups in total. The molecular weight excluding hydrogens is 312 g/mol. The average molecular weight is 339 g/mol. The fraction of sp³-hybridized carbons (Fsp3) is 0.400. The van der Waals surface area contributed by atoms with E-state index in [0.717, 1.165) is 22.3 Å². The number of hydrogen-bond donors (Lipinski definition) is 0. The van der Waals surface area contributed by atoms with E-state index in [4.69, 9.17) is 0 Å². The summed E-state index contributed by atoms with van der Waals surface area (Å²) in [5, 5.41) is 22.6. The van der Waals surface area contributed by atoms with Gasteiger partial charge in [0.05, 0.1) is 0 Å². The van der Waals surface area contributed by atoms with Gasteiger partial charge in [0.25, 0.3) is 0 Å². The molecule has 120 valence electrons. The van der Waals surface area contributed by atoms with Crippen LogP contribution in [0, 0.1) is 13.8 Å². The second-order valence-corrected chi connectivity index (χ2v) is 6.39. The monoisotopic (exact) mass is 338 g/mol. The molecule has 3 heteroatoms. The Morgan fingerprint density at radius 2 is 0.957 bits per heavy atom. The largest absolute Gasteiger partial charge is 2.00 e. The van der Waals surface area contributed by atoms with Crippen molar-refractivity contribution in [2.75, 3.05) is 0 Å². The fourth-order valence-electron chi connectivity index (χ4n) is 2.24. The normalized spacial score (nSPS) is 10.1. The molecular formula is C20H26CaO2. The maximum atomic E-state index is 11.3. The van der Waals surface area contributed by atoms with Gasteiger partial charge < -0.3 is 10.2 Å². The van der Waals surface area contributed by atoms with Crippen molar-refractivity contribution in [2.45, 2.75) is 53.4 Å². The minimum atomic E-state index is 0. The summed E-state index contributed by atoms with van der Waals surface area (Å²) in [6, 6.07) is 11.2. The molecule has 0 saturated carbocycles. The molecule has 2 aromatic carbocycles. The van der Waals surface area contributed by atoms with E-state index in [1.165, 1.54) is 0 Å². The van der Waals surface area contributed by atoms with E-state index in [1.807, 2.05) is 65.8 Å². The van der Waals surface area contributed by atoms with Gasteiger partial charge in [0.1, 0.15) is 0 Å². The fourth-order valence-corrected chi connectivity index (χ4v) is 2.24. The summed E-state index contributed by atoms with van der Waals surface area (Å²) < 4.78 is 0. The summed E-state index contributed by atoms with van der Waals surface area (Å²) in [5.41, 5.74) is 3.91. The van der Waals surface area contributed by atoms with Gasteiger partial charge in [-0.25, -0.2) is 0 Å². The van der Waals surface area contributed by atoms with Crippen LogP contribution >= 0.6 is 0 Å². The Morgan fingerprint density at radius 1 is 0.652 bits per heavy atom. The number of aryl methyl sites for hydroxylation is 2. The average Bonchev–Trinajstić information content (AvgIpc) is 2.38. The molecule has 0 atom stereocenters. The van der Waals surface area contributed by atoms with Crippen LogP contribution in [0.25, 0.3) is 0 Å². The molecule has 2 nitrogen and oxygen atoms in total. The Bertz CT molecular complexity index is 564. The Morgan fingerprint density at radius 3 is 1.17 bits per heavy atom. The summed E-state index contributed by atoms with van der Waals surface area (Å²) in [5.74, 6) is 1.01. The standard InChI is InChI=1S/2C10H14O.Ca/c2*1-7(2)9-5-4-8(3)6-10(9)11;/h2*4-7,11H,1-3H3;/q;;+2/p-2. The Balaban J connectivity index is 0.000000403. The van der Waals surface area contributed by atoms with Gasteiger partial charge in [0.2, 0.25) is 0 Å². The van der Waals surface area contributed by atoms with Gasteiger partial charge in [-0.3, -0.25) is 0 Å². The number of hydrogen-bond acceptors (Lipinski definition) is 2. The van der Waals surface area contributed by atoms with Crippen LogP contribution in [0.1, 0.15) is 61.8 Å². The molecule has 0 aliphatic heterocycles. The Kier molecular flexibility index (Phi) is 9.91. The predicted octanol–water partition coefficient (Wildman–Crippen LogP) is 4.00. The smallest absolute Gasteiger partial charge is 0.872 e.